The van der Waals surface area contributed by atoms with Crippen LogP contribution in [0, 0.1) is 50.7 Å². The first-order valence-electron chi connectivity index (χ1n) is 40.9. The van der Waals surface area contributed by atoms with Crippen molar-refractivity contribution in [1.29, 1.82) is 0 Å². The minimum Gasteiger partial charge on any atom is -0.508 e. The number of para-hydroxylation sites is 2. The fourth-order valence-electron chi connectivity index (χ4n) is 16.2. The van der Waals surface area contributed by atoms with Gasteiger partial charge in [-0.2, -0.15) is 20.4 Å². The van der Waals surface area contributed by atoms with Crippen LogP contribution in [-0.2, 0) is 64.7 Å². The maximum atomic E-state index is 14.8. The van der Waals surface area contributed by atoms with Crippen molar-refractivity contribution in [2.24, 2.45) is 0 Å². The van der Waals surface area contributed by atoms with Crippen LogP contribution < -0.4 is 22.9 Å². The molecule has 34 heteroatoms. The molecule has 21 rings (SSSR count). The molecular formula is C94H76F4IN25O4. The average Bonchev–Trinajstić information content (AvgIpc) is 1.64. The van der Waals surface area contributed by atoms with Gasteiger partial charge in [-0.1, -0.05) is 72.5 Å². The largest absolute Gasteiger partial charge is 0.508 e. The zero-order valence-electron chi connectivity index (χ0n) is 68.5. The number of nitrogens with two attached hydrogens (primary N) is 4. The van der Waals surface area contributed by atoms with E-state index < -0.39 is 18.0 Å². The Morgan fingerprint density at radius 2 is 0.781 bits per heavy atom. The number of fused-ring (bicyclic) bond motifs is 8. The fraction of sp³-hybridized carbons (Fsp3) is 0.181. The van der Waals surface area contributed by atoms with Gasteiger partial charge in [0.15, 0.2) is 22.6 Å². The lowest BCUT2D eigenvalue weighted by molar-refractivity contribution is 0.253. The van der Waals surface area contributed by atoms with E-state index in [-0.39, 0.29) is 53.7 Å². The molecule has 0 saturated carbocycles. The number of aryl methyl sites for hydroxylation is 6. The predicted molar refractivity (Wildman–Crippen MR) is 484 cm³/mol. The Bertz CT molecular complexity index is 7540. The first-order chi connectivity index (χ1) is 62.1. The van der Waals surface area contributed by atoms with Gasteiger partial charge < -0.3 is 43.4 Å². The number of hydrogen-bond donors (Lipinski definition) is 8. The van der Waals surface area contributed by atoms with Crippen molar-refractivity contribution in [1.82, 2.24) is 104 Å². The summed E-state index contributed by atoms with van der Waals surface area (Å²) in [5.41, 5.74) is 43.7. The topological polar surface area (TPSA) is 424 Å². The number of pyridine rings is 3. The number of nitrogens with zero attached hydrogens (tertiary/aromatic N) is 21. The number of hydrogen-bond acceptors (Lipinski definition) is 25. The van der Waals surface area contributed by atoms with Gasteiger partial charge in [-0.3, -0.25) is 15.0 Å². The summed E-state index contributed by atoms with van der Waals surface area (Å²) in [6.07, 6.45) is 12.6. The number of halogens is 5. The molecule has 0 aliphatic heterocycles. The van der Waals surface area contributed by atoms with Crippen molar-refractivity contribution in [3.05, 3.63) is 278 Å². The van der Waals surface area contributed by atoms with Crippen LogP contribution in [0.4, 0.5) is 40.8 Å². The highest BCUT2D eigenvalue weighted by molar-refractivity contribution is 14.1. The molecule has 0 amide bonds. The van der Waals surface area contributed by atoms with Crippen LogP contribution in [0.1, 0.15) is 101 Å². The smallest absolute Gasteiger partial charge is 0.165 e. The number of aliphatic hydroxyl groups is 2. The monoisotopic (exact) mass is 1820 g/mol. The maximum absolute atomic E-state index is 14.8. The molecule has 0 fully saturated rings. The number of aromatic nitrogens is 21. The molecule has 0 spiro atoms. The van der Waals surface area contributed by atoms with Crippen LogP contribution in [0.3, 0.4) is 0 Å². The predicted octanol–water partition coefficient (Wildman–Crippen LogP) is 13.8. The molecule has 18 aromatic rings. The molecule has 12 N–H and O–H groups in total. The van der Waals surface area contributed by atoms with Gasteiger partial charge in [-0.15, -0.1) is 0 Å². The summed E-state index contributed by atoms with van der Waals surface area (Å²) in [5.74, 6) is 10.6. The Morgan fingerprint density at radius 3 is 1.24 bits per heavy atom. The van der Waals surface area contributed by atoms with E-state index in [1.54, 1.807) is 93.2 Å². The number of aromatic hydroxyl groups is 2. The lowest BCUT2D eigenvalue weighted by Crippen LogP contribution is -2.09. The number of phenols is 2. The van der Waals surface area contributed by atoms with E-state index in [4.69, 9.17) is 48.0 Å². The minimum absolute atomic E-state index is 0.125. The van der Waals surface area contributed by atoms with Gasteiger partial charge in [0.05, 0.1) is 81.5 Å². The molecular weight excluding hydrogens is 1750 g/mol. The molecule has 6 aromatic carbocycles. The van der Waals surface area contributed by atoms with Crippen molar-refractivity contribution in [3.63, 3.8) is 0 Å². The molecule has 0 bridgehead atoms. The Labute approximate surface area is 740 Å². The van der Waals surface area contributed by atoms with Crippen molar-refractivity contribution in [2.75, 3.05) is 22.9 Å². The van der Waals surface area contributed by atoms with E-state index in [2.05, 4.69) is 125 Å². The summed E-state index contributed by atoms with van der Waals surface area (Å²) in [5, 5.41) is 59.9. The Balaban J connectivity index is 0.000000116. The minimum atomic E-state index is -0.820. The van der Waals surface area contributed by atoms with Crippen molar-refractivity contribution >= 4 is 101 Å². The van der Waals surface area contributed by atoms with Crippen LogP contribution in [0.2, 0.25) is 0 Å². The van der Waals surface area contributed by atoms with Crippen molar-refractivity contribution < 1.29 is 38.0 Å². The molecule has 2 atom stereocenters. The van der Waals surface area contributed by atoms with E-state index in [0.717, 1.165) is 112 Å². The lowest BCUT2D eigenvalue weighted by atomic mass is 10.0. The first-order valence-corrected chi connectivity index (χ1v) is 41.9. The maximum Gasteiger partial charge on any atom is 0.165 e. The molecule has 0 unspecified atom stereocenters. The highest BCUT2D eigenvalue weighted by Crippen LogP contribution is 2.40. The average molecular weight is 1820 g/mol. The van der Waals surface area contributed by atoms with E-state index in [1.807, 2.05) is 42.5 Å². The number of benzene rings is 6. The zero-order chi connectivity index (χ0) is 88.5. The number of rotatable bonds is 13. The van der Waals surface area contributed by atoms with Gasteiger partial charge in [0, 0.05) is 67.7 Å². The third-order valence-electron chi connectivity index (χ3n) is 21.9. The summed E-state index contributed by atoms with van der Waals surface area (Å²) in [6.45, 7) is 4.33. The number of phenolic OH excluding ortho intramolecular Hbond substituents is 2. The fourth-order valence-corrected chi connectivity index (χ4v) is 17.0. The second-order valence-corrected chi connectivity index (χ2v) is 31.8. The molecule has 636 valence electrons. The number of aliphatic hydroxyl groups excluding tert-OH is 2. The highest BCUT2D eigenvalue weighted by Gasteiger charge is 2.29. The zero-order valence-corrected chi connectivity index (χ0v) is 70.7. The second kappa shape index (κ2) is 35.7. The molecule has 128 heavy (non-hydrogen) atoms. The Hall–Kier alpha value is -15.4. The summed E-state index contributed by atoms with van der Waals surface area (Å²) in [4.78, 5) is 57.7. The quantitative estimate of drug-likeness (QED) is 0.0302. The second-order valence-electron chi connectivity index (χ2n) is 30.7. The number of anilines is 4. The molecule has 3 aliphatic rings. The standard InChI is InChI=1S/C26H20F2N6O.C26H21FN6O.C22H19N7O2.C20H16FIN6/c27-17-9-15(10-18(35)11-17)24-22-25(29)30-13-31-26(22)34(33-24)12-16-8-14-4-3-7-21(14)32-23(16)19-5-1-2-6-20(19)28;27-20-9-2-1-8-19(20)23-17(11-15-5-4-10-21(15)31-23)13-33-26-22(25(28)29-14-30-26)24(32-33)16-6-3-7-18(34)12-16;1-13(30)7-9-17-19(27-16-6-4-3-5-15(16)26-17)11-29-22-20(21(23)24-12-25-22)18(28-29)10-8-14(2)31;21-14-6-2-1-5-13(14)17-12(8-11-4-3-7-15(11)26-17)9-28-20-16(18(22)27-28)19(23)24-10-25-20/h1-2,5-6,8-11,13,35H,3-4,7,12H2,(H2,29,30,31);1-3,6-9,11-12,14,34H,4-5,10,13H2,(H2,28,29,30);3-6,12-14,30-31H,11H2,1-2H3,(H2,23,24,25);1-2,5-6,8,10H,3-4,7,9H2,(H2,23,24,25)/t;;13-,14-;/m..1./s1. The SMILES string of the molecule is C[C@@H](O)C#Cc1nc2ccccc2nc1Cn1nc(C#C[C@@H](C)O)c2c(N)ncnc21.Nc1ncnc2c1c(-c1cc(O)cc(F)c1)nn2Cc1cc2c(nc1-c1ccccc1F)CCC2.Nc1ncnc2c1c(-c1cccc(O)c1)nn2Cc1cc2c(nc1-c1ccccc1F)CCC2.Nc1ncnc2c1c(I)nn2Cc1cc2c(nc1-c1ccccc1F)CCC2. The van der Waals surface area contributed by atoms with E-state index in [0.29, 0.717) is 148 Å². The molecule has 29 nitrogen and oxygen atoms in total. The molecule has 12 aromatic heterocycles. The summed E-state index contributed by atoms with van der Waals surface area (Å²) < 4.78 is 65.7. The third-order valence-corrected chi connectivity index (χ3v) is 22.7. The Morgan fingerprint density at radius 1 is 0.383 bits per heavy atom. The molecule has 12 heterocycles. The van der Waals surface area contributed by atoms with Crippen LogP contribution in [-0.4, -0.2) is 137 Å². The molecule has 3 aliphatic carbocycles. The van der Waals surface area contributed by atoms with Gasteiger partial charge in [0.1, 0.15) is 122 Å². The summed E-state index contributed by atoms with van der Waals surface area (Å²) in [6, 6.07) is 44.3. The highest BCUT2D eigenvalue weighted by atomic mass is 127. The van der Waals surface area contributed by atoms with Crippen molar-refractivity contribution in [2.45, 2.75) is 110 Å². The van der Waals surface area contributed by atoms with Crippen LogP contribution in [0.25, 0.3) is 111 Å². The van der Waals surface area contributed by atoms with E-state index in [9.17, 15) is 38.0 Å². The van der Waals surface area contributed by atoms with Gasteiger partial charge in [0.25, 0.3) is 0 Å². The van der Waals surface area contributed by atoms with Gasteiger partial charge >= 0.3 is 0 Å². The summed E-state index contributed by atoms with van der Waals surface area (Å²) >= 11 is 2.13. The van der Waals surface area contributed by atoms with Gasteiger partial charge in [0.2, 0.25) is 0 Å². The van der Waals surface area contributed by atoms with Crippen LogP contribution >= 0.6 is 22.6 Å². The van der Waals surface area contributed by atoms with Gasteiger partial charge in [-0.25, -0.2) is 86.1 Å². The number of nitrogen functional groups attached to an aromatic ring is 4. The van der Waals surface area contributed by atoms with Crippen molar-refractivity contribution in [3.8, 4) is 91.5 Å². The van der Waals surface area contributed by atoms with Crippen LogP contribution in [0.15, 0.2) is 183 Å². The molecule has 0 radical (unpaired) electrons. The normalized spacial score (nSPS) is 12.9. The first kappa shape index (κ1) is 83.5. The third kappa shape index (κ3) is 17.1. The van der Waals surface area contributed by atoms with E-state index >= 15 is 0 Å². The molecule has 0 saturated heterocycles. The van der Waals surface area contributed by atoms with Crippen LogP contribution in [0.5, 0.6) is 11.5 Å². The van der Waals surface area contributed by atoms with Gasteiger partial charge in [-0.05, 0) is 214 Å². The summed E-state index contributed by atoms with van der Waals surface area (Å²) in [7, 11) is 0. The Kier molecular flexibility index (Phi) is 23.3. The van der Waals surface area contributed by atoms with E-state index in [1.165, 1.54) is 66.8 Å². The lowest BCUT2D eigenvalue weighted by Gasteiger charge is -2.13.